The maximum Gasteiger partial charge on any atom is 0.309 e. The van der Waals surface area contributed by atoms with Crippen LogP contribution in [0.25, 0.3) is 0 Å². The fourth-order valence-corrected chi connectivity index (χ4v) is 4.68. The standard InChI is InChI=1S/C21H24FN3O6S/c1-30-17-7-9-18(10-8-17)32(28,29)25-11-2-12-31-19(25)14-24-21(27)20(26)23-13-15-3-5-16(22)6-4-15/h3-10,19H,2,11-14H2,1H3,(H,23,26)(H,24,27). The number of carbonyl (C=O) groups excluding carboxylic acids is 2. The molecule has 2 amide bonds. The number of hydrogen-bond donors (Lipinski definition) is 2. The average Bonchev–Trinajstić information content (AvgIpc) is 2.82. The molecule has 1 aliphatic rings. The molecule has 0 aliphatic carbocycles. The zero-order chi connectivity index (χ0) is 23.1. The molecular weight excluding hydrogens is 441 g/mol. The van der Waals surface area contributed by atoms with E-state index < -0.39 is 33.9 Å². The van der Waals surface area contributed by atoms with Gasteiger partial charge in [0.15, 0.2) is 0 Å². The highest BCUT2D eigenvalue weighted by molar-refractivity contribution is 7.89. The van der Waals surface area contributed by atoms with E-state index >= 15 is 0 Å². The summed E-state index contributed by atoms with van der Waals surface area (Å²) in [5, 5.41) is 4.83. The molecule has 32 heavy (non-hydrogen) atoms. The Morgan fingerprint density at radius 2 is 1.75 bits per heavy atom. The number of ether oxygens (including phenoxy) is 2. The van der Waals surface area contributed by atoms with Gasteiger partial charge in [-0.1, -0.05) is 12.1 Å². The Hall–Kier alpha value is -3.02. The highest BCUT2D eigenvalue weighted by atomic mass is 32.2. The monoisotopic (exact) mass is 465 g/mol. The summed E-state index contributed by atoms with van der Waals surface area (Å²) in [4.78, 5) is 24.2. The Balaban J connectivity index is 1.58. The van der Waals surface area contributed by atoms with Gasteiger partial charge in [0.25, 0.3) is 0 Å². The number of nitrogens with zero attached hydrogens (tertiary/aromatic N) is 1. The Morgan fingerprint density at radius 3 is 2.41 bits per heavy atom. The van der Waals surface area contributed by atoms with Gasteiger partial charge in [-0.05, 0) is 48.4 Å². The zero-order valence-electron chi connectivity index (χ0n) is 17.4. The molecule has 2 N–H and O–H groups in total. The van der Waals surface area contributed by atoms with Gasteiger partial charge in [-0.2, -0.15) is 4.31 Å². The van der Waals surface area contributed by atoms with Crippen LogP contribution in [0.5, 0.6) is 5.75 Å². The van der Waals surface area contributed by atoms with Crippen LogP contribution in [0.3, 0.4) is 0 Å². The maximum absolute atomic E-state index is 13.0. The zero-order valence-corrected chi connectivity index (χ0v) is 18.2. The van der Waals surface area contributed by atoms with E-state index in [-0.39, 0.29) is 24.5 Å². The van der Waals surface area contributed by atoms with E-state index in [1.54, 1.807) is 12.1 Å². The van der Waals surface area contributed by atoms with Gasteiger partial charge in [-0.3, -0.25) is 9.59 Å². The fourth-order valence-electron chi connectivity index (χ4n) is 3.11. The summed E-state index contributed by atoms with van der Waals surface area (Å²) < 4.78 is 50.8. The molecule has 1 heterocycles. The van der Waals surface area contributed by atoms with Crippen LogP contribution in [0.1, 0.15) is 12.0 Å². The second kappa shape index (κ2) is 10.5. The number of rotatable bonds is 7. The van der Waals surface area contributed by atoms with Crippen LogP contribution in [0.4, 0.5) is 4.39 Å². The second-order valence-electron chi connectivity index (χ2n) is 6.99. The average molecular weight is 466 g/mol. The fraction of sp³-hybridized carbons (Fsp3) is 0.333. The van der Waals surface area contributed by atoms with Gasteiger partial charge in [-0.25, -0.2) is 12.8 Å². The molecule has 2 aromatic rings. The molecular formula is C21H24FN3O6S. The largest absolute Gasteiger partial charge is 0.497 e. The lowest BCUT2D eigenvalue weighted by atomic mass is 10.2. The third kappa shape index (κ3) is 5.81. The number of carbonyl (C=O) groups is 2. The van der Waals surface area contributed by atoms with Crippen molar-refractivity contribution in [3.63, 3.8) is 0 Å². The molecule has 3 rings (SSSR count). The van der Waals surface area contributed by atoms with E-state index in [1.807, 2.05) is 0 Å². The summed E-state index contributed by atoms with van der Waals surface area (Å²) in [7, 11) is -2.40. The van der Waals surface area contributed by atoms with Crippen LogP contribution in [0, 0.1) is 5.82 Å². The molecule has 1 aliphatic heterocycles. The summed E-state index contributed by atoms with van der Waals surface area (Å²) in [5.74, 6) is -1.70. The lowest BCUT2D eigenvalue weighted by molar-refractivity contribution is -0.140. The van der Waals surface area contributed by atoms with Crippen molar-refractivity contribution in [1.82, 2.24) is 14.9 Å². The first-order chi connectivity index (χ1) is 15.3. The van der Waals surface area contributed by atoms with Gasteiger partial charge in [0.05, 0.1) is 25.2 Å². The minimum atomic E-state index is -3.88. The summed E-state index contributed by atoms with van der Waals surface area (Å²) in [5.41, 5.74) is 0.625. The molecule has 0 radical (unpaired) electrons. The van der Waals surface area contributed by atoms with E-state index in [2.05, 4.69) is 10.6 Å². The number of nitrogens with one attached hydrogen (secondary N) is 2. The Kier molecular flexibility index (Phi) is 7.78. The van der Waals surface area contributed by atoms with Crippen molar-refractivity contribution in [2.24, 2.45) is 0 Å². The van der Waals surface area contributed by atoms with Gasteiger partial charge in [-0.15, -0.1) is 0 Å². The van der Waals surface area contributed by atoms with Crippen molar-refractivity contribution < 1.29 is 31.9 Å². The smallest absolute Gasteiger partial charge is 0.309 e. The van der Waals surface area contributed by atoms with Gasteiger partial charge in [0.2, 0.25) is 10.0 Å². The third-order valence-electron chi connectivity index (χ3n) is 4.83. The molecule has 0 spiro atoms. The quantitative estimate of drug-likeness (QED) is 0.590. The number of amides is 2. The molecule has 1 saturated heterocycles. The SMILES string of the molecule is COc1ccc(S(=O)(=O)N2CCCOC2CNC(=O)C(=O)NCc2ccc(F)cc2)cc1. The van der Waals surface area contributed by atoms with Crippen molar-refractivity contribution in [3.05, 3.63) is 59.9 Å². The van der Waals surface area contributed by atoms with Crippen molar-refractivity contribution >= 4 is 21.8 Å². The van der Waals surface area contributed by atoms with Crippen molar-refractivity contribution in [1.29, 1.82) is 0 Å². The minimum absolute atomic E-state index is 0.0461. The topological polar surface area (TPSA) is 114 Å². The lowest BCUT2D eigenvalue weighted by Crippen LogP contribution is -2.53. The predicted molar refractivity (Wildman–Crippen MR) is 112 cm³/mol. The van der Waals surface area contributed by atoms with Crippen LogP contribution < -0.4 is 15.4 Å². The number of benzene rings is 2. The molecule has 1 atom stereocenters. The van der Waals surface area contributed by atoms with Crippen molar-refractivity contribution in [3.8, 4) is 5.75 Å². The van der Waals surface area contributed by atoms with E-state index in [0.717, 1.165) is 4.31 Å². The Labute approximate surface area is 185 Å². The normalized spacial score (nSPS) is 16.9. The van der Waals surface area contributed by atoms with Crippen LogP contribution in [0.15, 0.2) is 53.4 Å². The highest BCUT2D eigenvalue weighted by Gasteiger charge is 2.35. The van der Waals surface area contributed by atoms with Crippen LogP contribution in [-0.4, -0.2) is 57.6 Å². The highest BCUT2D eigenvalue weighted by Crippen LogP contribution is 2.23. The van der Waals surface area contributed by atoms with E-state index in [9.17, 15) is 22.4 Å². The van der Waals surface area contributed by atoms with E-state index in [0.29, 0.717) is 24.3 Å². The lowest BCUT2D eigenvalue weighted by Gasteiger charge is -2.34. The van der Waals surface area contributed by atoms with Crippen LogP contribution >= 0.6 is 0 Å². The summed E-state index contributed by atoms with van der Waals surface area (Å²) in [6, 6.07) is 11.4. The molecule has 2 aromatic carbocycles. The van der Waals surface area contributed by atoms with Gasteiger partial charge < -0.3 is 20.1 Å². The molecule has 172 valence electrons. The first-order valence-corrected chi connectivity index (χ1v) is 11.3. The van der Waals surface area contributed by atoms with Crippen LogP contribution in [-0.2, 0) is 30.9 Å². The summed E-state index contributed by atoms with van der Waals surface area (Å²) in [6.45, 7) is 0.389. The molecule has 0 bridgehead atoms. The minimum Gasteiger partial charge on any atom is -0.497 e. The summed E-state index contributed by atoms with van der Waals surface area (Å²) >= 11 is 0. The first-order valence-electron chi connectivity index (χ1n) is 9.89. The second-order valence-corrected chi connectivity index (χ2v) is 8.88. The number of methoxy groups -OCH3 is 1. The van der Waals surface area contributed by atoms with Crippen molar-refractivity contribution in [2.75, 3.05) is 26.8 Å². The Bertz CT molecular complexity index is 1040. The van der Waals surface area contributed by atoms with Gasteiger partial charge in [0, 0.05) is 13.1 Å². The Morgan fingerprint density at radius 1 is 1.09 bits per heavy atom. The van der Waals surface area contributed by atoms with Crippen LogP contribution in [0.2, 0.25) is 0 Å². The van der Waals surface area contributed by atoms with Gasteiger partial charge >= 0.3 is 11.8 Å². The third-order valence-corrected chi connectivity index (χ3v) is 6.73. The number of halogens is 1. The van der Waals surface area contributed by atoms with E-state index in [4.69, 9.17) is 9.47 Å². The maximum atomic E-state index is 13.0. The summed E-state index contributed by atoms with van der Waals surface area (Å²) in [6.07, 6.45) is -0.456. The van der Waals surface area contributed by atoms with E-state index in [1.165, 1.54) is 43.5 Å². The molecule has 1 unspecified atom stereocenters. The predicted octanol–water partition coefficient (Wildman–Crippen LogP) is 1.00. The molecule has 11 heteroatoms. The molecule has 0 aromatic heterocycles. The first kappa shape index (κ1) is 23.6. The number of hydrogen-bond acceptors (Lipinski definition) is 6. The van der Waals surface area contributed by atoms with Crippen molar-refractivity contribution in [2.45, 2.75) is 24.1 Å². The number of sulfonamides is 1. The van der Waals surface area contributed by atoms with Gasteiger partial charge in [0.1, 0.15) is 17.8 Å². The molecule has 0 saturated carbocycles. The molecule has 9 nitrogen and oxygen atoms in total. The molecule has 1 fully saturated rings.